The monoisotopic (exact) mass is 279 g/mol. The van der Waals surface area contributed by atoms with Gasteiger partial charge in [-0.2, -0.15) is 0 Å². The Morgan fingerprint density at radius 1 is 1.45 bits per heavy atom. The summed E-state index contributed by atoms with van der Waals surface area (Å²) in [5.74, 6) is 0.0248. The molecule has 0 aliphatic heterocycles. The van der Waals surface area contributed by atoms with Crippen molar-refractivity contribution in [2.75, 3.05) is 4.90 Å². The van der Waals surface area contributed by atoms with Crippen LogP contribution in [0.3, 0.4) is 0 Å². The molecule has 1 N–H and O–H groups in total. The standard InChI is InChI=1S/C15H21NO4/c1-5-11(10-17)16(14(19)20-15(2,3)4)12-7-6-8-13(18)9-12/h6-11,18H,5H2,1-4H3. The lowest BCUT2D eigenvalue weighted by molar-refractivity contribution is -0.109. The summed E-state index contributed by atoms with van der Waals surface area (Å²) in [6.45, 7) is 7.08. The van der Waals surface area contributed by atoms with E-state index in [1.807, 2.05) is 0 Å². The van der Waals surface area contributed by atoms with Gasteiger partial charge in [0.15, 0.2) is 0 Å². The van der Waals surface area contributed by atoms with E-state index >= 15 is 0 Å². The maximum Gasteiger partial charge on any atom is 0.415 e. The minimum atomic E-state index is -0.659. The van der Waals surface area contributed by atoms with E-state index in [0.717, 1.165) is 0 Å². The molecule has 5 nitrogen and oxygen atoms in total. The molecule has 0 saturated carbocycles. The minimum absolute atomic E-state index is 0.0248. The highest BCUT2D eigenvalue weighted by Crippen LogP contribution is 2.24. The number of phenolic OH excluding ortho intramolecular Hbond substituents is 1. The zero-order valence-electron chi connectivity index (χ0n) is 12.3. The zero-order chi connectivity index (χ0) is 15.3. The maximum atomic E-state index is 12.3. The lowest BCUT2D eigenvalue weighted by Gasteiger charge is -2.30. The van der Waals surface area contributed by atoms with Crippen LogP contribution in [0.4, 0.5) is 10.5 Å². The lowest BCUT2D eigenvalue weighted by Crippen LogP contribution is -2.44. The second-order valence-corrected chi connectivity index (χ2v) is 5.48. The Labute approximate surface area is 119 Å². The van der Waals surface area contributed by atoms with Gasteiger partial charge >= 0.3 is 6.09 Å². The fourth-order valence-electron chi connectivity index (χ4n) is 1.73. The number of carbonyl (C=O) groups excluding carboxylic acids is 2. The summed E-state index contributed by atoms with van der Waals surface area (Å²) in [6.07, 6.45) is 0.550. The summed E-state index contributed by atoms with van der Waals surface area (Å²) in [6, 6.07) is 5.55. The topological polar surface area (TPSA) is 66.8 Å². The van der Waals surface area contributed by atoms with Crippen LogP contribution in [0.15, 0.2) is 24.3 Å². The van der Waals surface area contributed by atoms with Crippen molar-refractivity contribution in [3.8, 4) is 5.75 Å². The van der Waals surface area contributed by atoms with Crippen molar-refractivity contribution < 1.29 is 19.4 Å². The van der Waals surface area contributed by atoms with Crippen molar-refractivity contribution in [2.24, 2.45) is 0 Å². The molecule has 0 aliphatic carbocycles. The summed E-state index contributed by atoms with van der Waals surface area (Å²) in [5, 5.41) is 9.54. The largest absolute Gasteiger partial charge is 0.508 e. The summed E-state index contributed by atoms with van der Waals surface area (Å²) >= 11 is 0. The van der Waals surface area contributed by atoms with Gasteiger partial charge in [-0.15, -0.1) is 0 Å². The number of anilines is 1. The Morgan fingerprint density at radius 2 is 2.10 bits per heavy atom. The molecular formula is C15H21NO4. The third kappa shape index (κ3) is 4.26. The third-order valence-corrected chi connectivity index (χ3v) is 2.61. The number of amides is 1. The van der Waals surface area contributed by atoms with E-state index in [1.54, 1.807) is 39.8 Å². The van der Waals surface area contributed by atoms with Crippen molar-refractivity contribution >= 4 is 18.1 Å². The second kappa shape index (κ2) is 6.41. The molecule has 1 unspecified atom stereocenters. The fourth-order valence-corrected chi connectivity index (χ4v) is 1.73. The van der Waals surface area contributed by atoms with Gasteiger partial charge in [0, 0.05) is 6.07 Å². The van der Waals surface area contributed by atoms with Crippen LogP contribution < -0.4 is 4.90 Å². The van der Waals surface area contributed by atoms with E-state index in [9.17, 15) is 14.7 Å². The van der Waals surface area contributed by atoms with Crippen LogP contribution in [0.5, 0.6) is 5.75 Å². The average Bonchev–Trinajstić information content (AvgIpc) is 2.33. The van der Waals surface area contributed by atoms with Gasteiger partial charge in [0.05, 0.1) is 11.7 Å². The highest BCUT2D eigenvalue weighted by Gasteiger charge is 2.28. The molecule has 1 aromatic rings. The number of rotatable bonds is 4. The van der Waals surface area contributed by atoms with Crippen molar-refractivity contribution in [3.63, 3.8) is 0 Å². The van der Waals surface area contributed by atoms with E-state index in [1.165, 1.54) is 17.0 Å². The molecule has 0 spiro atoms. The number of aldehydes is 1. The lowest BCUT2D eigenvalue weighted by atomic mass is 10.1. The summed E-state index contributed by atoms with van der Waals surface area (Å²) in [5.41, 5.74) is -0.231. The van der Waals surface area contributed by atoms with Crippen molar-refractivity contribution in [1.29, 1.82) is 0 Å². The quantitative estimate of drug-likeness (QED) is 0.860. The Bertz CT molecular complexity index is 479. The number of carbonyl (C=O) groups is 2. The first-order chi connectivity index (χ1) is 9.28. The summed E-state index contributed by atoms with van der Waals surface area (Å²) in [7, 11) is 0. The average molecular weight is 279 g/mol. The van der Waals surface area contributed by atoms with Crippen LogP contribution in [0.1, 0.15) is 34.1 Å². The molecule has 0 aliphatic rings. The first-order valence-electron chi connectivity index (χ1n) is 6.55. The van der Waals surface area contributed by atoms with Gasteiger partial charge in [-0.25, -0.2) is 4.79 Å². The van der Waals surface area contributed by atoms with E-state index in [-0.39, 0.29) is 5.75 Å². The molecule has 0 radical (unpaired) electrons. The van der Waals surface area contributed by atoms with Gasteiger partial charge in [-0.1, -0.05) is 13.0 Å². The molecule has 20 heavy (non-hydrogen) atoms. The van der Waals surface area contributed by atoms with Crippen LogP contribution in [-0.4, -0.2) is 29.1 Å². The molecule has 5 heteroatoms. The Hall–Kier alpha value is -2.04. The van der Waals surface area contributed by atoms with Crippen LogP contribution >= 0.6 is 0 Å². The minimum Gasteiger partial charge on any atom is -0.508 e. The highest BCUT2D eigenvalue weighted by molar-refractivity contribution is 5.92. The molecule has 0 fully saturated rings. The molecule has 0 aromatic heterocycles. The fraction of sp³-hybridized carbons (Fsp3) is 0.467. The number of hydrogen-bond acceptors (Lipinski definition) is 4. The summed E-state index contributed by atoms with van der Waals surface area (Å²) < 4.78 is 5.33. The molecule has 0 bridgehead atoms. The van der Waals surface area contributed by atoms with Gasteiger partial charge in [0.2, 0.25) is 0 Å². The third-order valence-electron chi connectivity index (χ3n) is 2.61. The molecule has 0 heterocycles. The van der Waals surface area contributed by atoms with E-state index in [0.29, 0.717) is 18.4 Å². The predicted molar refractivity (Wildman–Crippen MR) is 77.0 cm³/mol. The number of aromatic hydroxyl groups is 1. The van der Waals surface area contributed by atoms with Gasteiger partial charge in [-0.3, -0.25) is 4.90 Å². The Morgan fingerprint density at radius 3 is 2.55 bits per heavy atom. The molecule has 1 rings (SSSR count). The van der Waals surface area contributed by atoms with Crippen LogP contribution in [0, 0.1) is 0 Å². The number of benzene rings is 1. The van der Waals surface area contributed by atoms with Crippen molar-refractivity contribution in [3.05, 3.63) is 24.3 Å². The number of phenols is 1. The predicted octanol–water partition coefficient (Wildman–Crippen LogP) is 3.11. The van der Waals surface area contributed by atoms with E-state index in [4.69, 9.17) is 4.74 Å². The Balaban J connectivity index is 3.15. The molecule has 110 valence electrons. The van der Waals surface area contributed by atoms with Gasteiger partial charge in [0.1, 0.15) is 17.6 Å². The Kier molecular flexibility index (Phi) is 5.13. The normalized spacial score (nSPS) is 12.6. The number of nitrogens with zero attached hydrogens (tertiary/aromatic N) is 1. The first kappa shape index (κ1) is 16.0. The van der Waals surface area contributed by atoms with Crippen LogP contribution in [0.25, 0.3) is 0 Å². The summed E-state index contributed by atoms with van der Waals surface area (Å²) in [4.78, 5) is 24.7. The van der Waals surface area contributed by atoms with Gasteiger partial charge in [-0.05, 0) is 39.3 Å². The highest BCUT2D eigenvalue weighted by atomic mass is 16.6. The number of hydrogen-bond donors (Lipinski definition) is 1. The maximum absolute atomic E-state index is 12.3. The molecular weight excluding hydrogens is 258 g/mol. The van der Waals surface area contributed by atoms with Gasteiger partial charge < -0.3 is 14.6 Å². The van der Waals surface area contributed by atoms with Crippen molar-refractivity contribution in [1.82, 2.24) is 0 Å². The zero-order valence-corrected chi connectivity index (χ0v) is 12.3. The van der Waals surface area contributed by atoms with Crippen molar-refractivity contribution in [2.45, 2.75) is 45.8 Å². The molecule has 1 atom stereocenters. The number of ether oxygens (including phenoxy) is 1. The second-order valence-electron chi connectivity index (χ2n) is 5.48. The molecule has 1 aromatic carbocycles. The van der Waals surface area contributed by atoms with Gasteiger partial charge in [0.25, 0.3) is 0 Å². The SMILES string of the molecule is CCC(C=O)N(C(=O)OC(C)(C)C)c1cccc(O)c1. The van der Waals surface area contributed by atoms with E-state index in [2.05, 4.69) is 0 Å². The van der Waals surface area contributed by atoms with E-state index < -0.39 is 17.7 Å². The smallest absolute Gasteiger partial charge is 0.415 e. The molecule has 1 amide bonds. The molecule has 0 saturated heterocycles. The van der Waals surface area contributed by atoms with Crippen LogP contribution in [-0.2, 0) is 9.53 Å². The van der Waals surface area contributed by atoms with Crippen LogP contribution in [0.2, 0.25) is 0 Å². The first-order valence-corrected chi connectivity index (χ1v) is 6.55.